The number of para-hydroxylation sites is 1. The Morgan fingerprint density at radius 2 is 1.86 bits per heavy atom. The van der Waals surface area contributed by atoms with Crippen LogP contribution in [0.15, 0.2) is 65.6 Å². The summed E-state index contributed by atoms with van der Waals surface area (Å²) in [5.41, 5.74) is 1.54. The highest BCUT2D eigenvalue weighted by Gasteiger charge is 2.19. The predicted molar refractivity (Wildman–Crippen MR) is 136 cm³/mol. The molecule has 1 saturated heterocycles. The van der Waals surface area contributed by atoms with E-state index in [0.29, 0.717) is 39.4 Å². The molecule has 1 fully saturated rings. The molecule has 1 amide bonds. The number of carbonyl (C=O) groups is 1. The van der Waals surface area contributed by atoms with E-state index in [2.05, 4.69) is 20.1 Å². The van der Waals surface area contributed by atoms with Crippen LogP contribution in [-0.4, -0.2) is 59.5 Å². The lowest BCUT2D eigenvalue weighted by atomic mass is 10.2. The molecule has 7 nitrogen and oxygen atoms in total. The van der Waals surface area contributed by atoms with Crippen molar-refractivity contribution >= 4 is 39.7 Å². The third kappa shape index (κ3) is 4.85. The Morgan fingerprint density at radius 3 is 2.66 bits per heavy atom. The van der Waals surface area contributed by atoms with Crippen molar-refractivity contribution in [2.24, 2.45) is 0 Å². The number of halogens is 2. The number of nitrogens with one attached hydrogen (secondary N) is 1. The fourth-order valence-electron chi connectivity index (χ4n) is 4.50. The van der Waals surface area contributed by atoms with E-state index < -0.39 is 0 Å². The number of rotatable bonds is 6. The van der Waals surface area contributed by atoms with Crippen LogP contribution in [0.1, 0.15) is 16.8 Å². The lowest BCUT2D eigenvalue weighted by molar-refractivity contribution is 0.0952. The average Bonchev–Trinajstić information content (AvgIpc) is 2.87. The quantitative estimate of drug-likeness (QED) is 0.328. The standard InChI is InChI=1S/C26H25ClFN5O2/c27-18-8-9-22-20(17-18)26(35)33-12-3-5-19(24(33)30-22)25(34)29-10-4-11-31-13-15-32(16-14-31)23-7-2-1-6-21(23)28/h1-3,5-9,12,17H,4,10-11,13-16H2,(H,29,34). The van der Waals surface area contributed by atoms with Crippen molar-refractivity contribution in [2.75, 3.05) is 44.2 Å². The van der Waals surface area contributed by atoms with Crippen molar-refractivity contribution in [3.05, 3.63) is 87.6 Å². The molecule has 1 aliphatic heterocycles. The molecule has 180 valence electrons. The maximum absolute atomic E-state index is 14.0. The summed E-state index contributed by atoms with van der Waals surface area (Å²) in [5, 5.41) is 3.81. The van der Waals surface area contributed by atoms with Crippen molar-refractivity contribution in [3.63, 3.8) is 0 Å². The van der Waals surface area contributed by atoms with Gasteiger partial charge in [-0.1, -0.05) is 23.7 Å². The largest absolute Gasteiger partial charge is 0.367 e. The first kappa shape index (κ1) is 23.3. The Hall–Kier alpha value is -3.49. The third-order valence-electron chi connectivity index (χ3n) is 6.35. The number of piperazine rings is 1. The zero-order valence-corrected chi connectivity index (χ0v) is 19.8. The van der Waals surface area contributed by atoms with Crippen LogP contribution in [0.3, 0.4) is 0 Å². The molecule has 2 aromatic heterocycles. The highest BCUT2D eigenvalue weighted by atomic mass is 35.5. The highest BCUT2D eigenvalue weighted by molar-refractivity contribution is 6.31. The number of aromatic nitrogens is 2. The molecule has 0 spiro atoms. The molecule has 0 bridgehead atoms. The normalized spacial score (nSPS) is 14.5. The van der Waals surface area contributed by atoms with Gasteiger partial charge in [-0.15, -0.1) is 0 Å². The number of amides is 1. The first-order chi connectivity index (χ1) is 17.0. The minimum absolute atomic E-state index is 0.189. The van der Waals surface area contributed by atoms with E-state index in [-0.39, 0.29) is 17.3 Å². The Labute approximate surface area is 206 Å². The Kier molecular flexibility index (Phi) is 6.66. The molecular formula is C26H25ClFN5O2. The molecule has 3 heterocycles. The van der Waals surface area contributed by atoms with Gasteiger partial charge in [0, 0.05) is 43.9 Å². The Bertz CT molecular complexity index is 1450. The number of benzene rings is 2. The van der Waals surface area contributed by atoms with Gasteiger partial charge in [0.25, 0.3) is 11.5 Å². The van der Waals surface area contributed by atoms with Crippen LogP contribution in [0.4, 0.5) is 10.1 Å². The number of anilines is 1. The summed E-state index contributed by atoms with van der Waals surface area (Å²) in [6.07, 6.45) is 2.38. The maximum atomic E-state index is 14.0. The lowest BCUT2D eigenvalue weighted by Gasteiger charge is -2.36. The molecular weight excluding hydrogens is 469 g/mol. The molecule has 5 rings (SSSR count). The van der Waals surface area contributed by atoms with Gasteiger partial charge in [0.1, 0.15) is 5.82 Å². The fourth-order valence-corrected chi connectivity index (χ4v) is 4.67. The number of fused-ring (bicyclic) bond motifs is 2. The van der Waals surface area contributed by atoms with Crippen LogP contribution in [0.2, 0.25) is 5.02 Å². The van der Waals surface area contributed by atoms with E-state index in [1.54, 1.807) is 42.6 Å². The second-order valence-electron chi connectivity index (χ2n) is 8.58. The van der Waals surface area contributed by atoms with Crippen LogP contribution in [0, 0.1) is 5.82 Å². The van der Waals surface area contributed by atoms with Crippen molar-refractivity contribution in [3.8, 4) is 0 Å². The molecule has 0 saturated carbocycles. The molecule has 1 N–H and O–H groups in total. The average molecular weight is 494 g/mol. The van der Waals surface area contributed by atoms with Gasteiger partial charge < -0.3 is 10.2 Å². The Morgan fingerprint density at radius 1 is 1.06 bits per heavy atom. The number of nitrogens with zero attached hydrogens (tertiary/aromatic N) is 4. The van der Waals surface area contributed by atoms with E-state index >= 15 is 0 Å². The SMILES string of the molecule is O=C(NCCCN1CCN(c2ccccc2F)CC1)c1cccn2c(=O)c3cc(Cl)ccc3nc12. The van der Waals surface area contributed by atoms with Crippen LogP contribution in [0.5, 0.6) is 0 Å². The zero-order valence-electron chi connectivity index (χ0n) is 19.1. The van der Waals surface area contributed by atoms with Crippen LogP contribution in [-0.2, 0) is 0 Å². The second-order valence-corrected chi connectivity index (χ2v) is 9.02. The predicted octanol–water partition coefficient (Wildman–Crippen LogP) is 3.58. The fraction of sp³-hybridized carbons (Fsp3) is 0.269. The van der Waals surface area contributed by atoms with E-state index in [0.717, 1.165) is 39.1 Å². The molecule has 0 atom stereocenters. The molecule has 1 aliphatic rings. The summed E-state index contributed by atoms with van der Waals surface area (Å²) in [7, 11) is 0. The number of hydrogen-bond donors (Lipinski definition) is 1. The smallest absolute Gasteiger partial charge is 0.265 e. The minimum atomic E-state index is -0.271. The third-order valence-corrected chi connectivity index (χ3v) is 6.58. The van der Waals surface area contributed by atoms with Crippen molar-refractivity contribution in [1.82, 2.24) is 19.6 Å². The van der Waals surface area contributed by atoms with Crippen LogP contribution in [0.25, 0.3) is 16.6 Å². The molecule has 35 heavy (non-hydrogen) atoms. The maximum Gasteiger partial charge on any atom is 0.265 e. The van der Waals surface area contributed by atoms with E-state index in [9.17, 15) is 14.0 Å². The summed E-state index contributed by atoms with van der Waals surface area (Å²) in [5.74, 6) is -0.460. The molecule has 4 aromatic rings. The topological polar surface area (TPSA) is 70.0 Å². The van der Waals surface area contributed by atoms with Gasteiger partial charge in [-0.05, 0) is 55.4 Å². The molecule has 2 aromatic carbocycles. The van der Waals surface area contributed by atoms with Crippen molar-refractivity contribution in [2.45, 2.75) is 6.42 Å². The summed E-state index contributed by atoms with van der Waals surface area (Å²) < 4.78 is 15.4. The van der Waals surface area contributed by atoms with Gasteiger partial charge in [-0.3, -0.25) is 18.9 Å². The summed E-state index contributed by atoms with van der Waals surface area (Å²) in [6.45, 7) is 4.56. The van der Waals surface area contributed by atoms with E-state index in [1.807, 2.05) is 12.1 Å². The van der Waals surface area contributed by atoms with Crippen LogP contribution < -0.4 is 15.8 Å². The molecule has 0 unspecified atom stereocenters. The van der Waals surface area contributed by atoms with E-state index in [1.165, 1.54) is 10.5 Å². The van der Waals surface area contributed by atoms with Gasteiger partial charge >= 0.3 is 0 Å². The van der Waals surface area contributed by atoms with Gasteiger partial charge in [0.15, 0.2) is 5.65 Å². The van der Waals surface area contributed by atoms with Gasteiger partial charge in [0.05, 0.1) is 22.2 Å². The van der Waals surface area contributed by atoms with Gasteiger partial charge in [0.2, 0.25) is 0 Å². The van der Waals surface area contributed by atoms with Gasteiger partial charge in [-0.25, -0.2) is 9.37 Å². The first-order valence-corrected chi connectivity index (χ1v) is 12.0. The summed E-state index contributed by atoms with van der Waals surface area (Å²) in [6, 6.07) is 15.1. The molecule has 0 radical (unpaired) electrons. The zero-order chi connectivity index (χ0) is 24.4. The minimum Gasteiger partial charge on any atom is -0.367 e. The summed E-state index contributed by atoms with van der Waals surface area (Å²) in [4.78, 5) is 34.7. The summed E-state index contributed by atoms with van der Waals surface area (Å²) >= 11 is 6.03. The number of carbonyl (C=O) groups excluding carboxylic acids is 1. The first-order valence-electron chi connectivity index (χ1n) is 11.6. The van der Waals surface area contributed by atoms with Crippen molar-refractivity contribution in [1.29, 1.82) is 0 Å². The number of hydrogen-bond acceptors (Lipinski definition) is 5. The van der Waals surface area contributed by atoms with Crippen LogP contribution >= 0.6 is 11.6 Å². The number of pyridine rings is 1. The molecule has 0 aliphatic carbocycles. The van der Waals surface area contributed by atoms with Crippen molar-refractivity contribution < 1.29 is 9.18 Å². The Balaban J connectivity index is 1.18. The molecule has 9 heteroatoms. The second kappa shape index (κ2) is 10.0. The monoisotopic (exact) mass is 493 g/mol. The lowest BCUT2D eigenvalue weighted by Crippen LogP contribution is -2.47. The highest BCUT2D eigenvalue weighted by Crippen LogP contribution is 2.20. The van der Waals surface area contributed by atoms with E-state index in [4.69, 9.17) is 11.6 Å². The van der Waals surface area contributed by atoms with Gasteiger partial charge in [-0.2, -0.15) is 0 Å².